The number of ketones is 1. The first-order valence-electron chi connectivity index (χ1n) is 15.6. The number of aliphatic hydroxyl groups is 1. The second-order valence-electron chi connectivity index (χ2n) is 13.7. The molecule has 0 aromatic heterocycles. The third-order valence-electron chi connectivity index (χ3n) is 11.6. The zero-order chi connectivity index (χ0) is 33.0. The predicted octanol–water partition coefficient (Wildman–Crippen LogP) is 5.62. The highest BCUT2D eigenvalue weighted by atomic mass is 16.6. The Morgan fingerprint density at radius 2 is 1.41 bits per heavy atom. The van der Waals surface area contributed by atoms with Crippen LogP contribution in [0.5, 0.6) is 0 Å². The molecule has 242 valence electrons. The summed E-state index contributed by atoms with van der Waals surface area (Å²) in [5.41, 5.74) is -1.80. The SMILES string of the molecule is C=C1C(=O)[C@]23CC[C@H]1CC2[C@]1(COC(=O)c2ccc([N+](=O)[O-])cc2)CCC[C@@](C)(COC(=O)c2ccc([N+](=O)[O-])cc2)C1C[C@H]3O. The van der Waals surface area contributed by atoms with Gasteiger partial charge in [0.2, 0.25) is 0 Å². The molecule has 7 rings (SSSR count). The molecule has 2 aromatic rings. The molecule has 12 heteroatoms. The van der Waals surface area contributed by atoms with Gasteiger partial charge in [0.1, 0.15) is 0 Å². The molecule has 0 aliphatic heterocycles. The van der Waals surface area contributed by atoms with E-state index in [1.807, 2.05) is 6.92 Å². The van der Waals surface area contributed by atoms with Gasteiger partial charge < -0.3 is 14.6 Å². The molecule has 46 heavy (non-hydrogen) atoms. The molecular formula is C34H36N2O10. The van der Waals surface area contributed by atoms with Gasteiger partial charge in [-0.1, -0.05) is 19.9 Å². The van der Waals surface area contributed by atoms with E-state index in [2.05, 4.69) is 6.58 Å². The number of hydrogen-bond acceptors (Lipinski definition) is 10. The summed E-state index contributed by atoms with van der Waals surface area (Å²) in [6.45, 7) is 6.07. The average molecular weight is 633 g/mol. The molecule has 5 saturated carbocycles. The Balaban J connectivity index is 1.31. The van der Waals surface area contributed by atoms with E-state index in [9.17, 15) is 39.7 Å². The maximum atomic E-state index is 13.9. The molecule has 0 saturated heterocycles. The van der Waals surface area contributed by atoms with Gasteiger partial charge in [0.25, 0.3) is 11.4 Å². The van der Waals surface area contributed by atoms with E-state index in [0.717, 1.165) is 6.42 Å². The number of rotatable bonds is 8. The smallest absolute Gasteiger partial charge is 0.338 e. The van der Waals surface area contributed by atoms with Crippen LogP contribution in [0.25, 0.3) is 0 Å². The van der Waals surface area contributed by atoms with Gasteiger partial charge >= 0.3 is 11.9 Å². The summed E-state index contributed by atoms with van der Waals surface area (Å²) in [5, 5.41) is 33.9. The maximum Gasteiger partial charge on any atom is 0.338 e. The van der Waals surface area contributed by atoms with E-state index in [1.54, 1.807) is 0 Å². The number of nitro benzene ring substituents is 2. The van der Waals surface area contributed by atoms with E-state index < -0.39 is 44.1 Å². The van der Waals surface area contributed by atoms with Gasteiger partial charge in [-0.05, 0) is 86.1 Å². The third-order valence-corrected chi connectivity index (χ3v) is 11.6. The molecule has 0 radical (unpaired) electrons. The van der Waals surface area contributed by atoms with Crippen LogP contribution in [0.3, 0.4) is 0 Å². The second-order valence-corrected chi connectivity index (χ2v) is 13.7. The average Bonchev–Trinajstić information content (AvgIpc) is 3.05. The number of fused-ring (bicyclic) bond motifs is 3. The van der Waals surface area contributed by atoms with Crippen molar-refractivity contribution in [1.82, 2.24) is 0 Å². The summed E-state index contributed by atoms with van der Waals surface area (Å²) in [7, 11) is 0. The number of nitrogens with zero attached hydrogens (tertiary/aromatic N) is 2. The Kier molecular flexibility index (Phi) is 7.82. The number of nitro groups is 2. The molecule has 5 aliphatic carbocycles. The summed E-state index contributed by atoms with van der Waals surface area (Å²) in [6.07, 6.45) is 3.23. The molecule has 2 bridgehead atoms. The van der Waals surface area contributed by atoms with Gasteiger partial charge in [-0.2, -0.15) is 0 Å². The first-order valence-corrected chi connectivity index (χ1v) is 15.6. The lowest BCUT2D eigenvalue weighted by Crippen LogP contribution is -2.70. The number of aliphatic hydroxyl groups excluding tert-OH is 1. The van der Waals surface area contributed by atoms with Crippen molar-refractivity contribution in [2.75, 3.05) is 13.2 Å². The maximum absolute atomic E-state index is 13.9. The highest BCUT2D eigenvalue weighted by Gasteiger charge is 2.71. The van der Waals surface area contributed by atoms with Crippen LogP contribution in [0.2, 0.25) is 0 Å². The van der Waals surface area contributed by atoms with Crippen LogP contribution < -0.4 is 0 Å². The molecule has 12 nitrogen and oxygen atoms in total. The molecule has 7 atom stereocenters. The lowest BCUT2D eigenvalue weighted by atomic mass is 9.35. The number of carbonyl (C=O) groups is 3. The molecule has 1 N–H and O–H groups in total. The fourth-order valence-corrected chi connectivity index (χ4v) is 9.29. The number of benzene rings is 2. The zero-order valence-electron chi connectivity index (χ0n) is 25.5. The Labute approximate surface area is 265 Å². The fourth-order valence-electron chi connectivity index (χ4n) is 9.29. The lowest BCUT2D eigenvalue weighted by Gasteiger charge is -2.68. The standard InChI is InChI=1S/C34H36N2O10/c1-20-23-12-15-34(29(20)38)27(16-23)33(19-46-31(40)22-6-10-25(11-7-22)36(43)44)14-3-13-32(2,26(33)17-28(34)37)18-45-30(39)21-4-8-24(9-5-21)35(41)42/h4-11,23,26-28,37H,1,3,12-19H2,2H3/t23-,26?,27?,28+,32-,33-,34+/m0/s1. The van der Waals surface area contributed by atoms with Crippen LogP contribution in [-0.4, -0.2) is 52.0 Å². The van der Waals surface area contributed by atoms with Crippen LogP contribution >= 0.6 is 0 Å². The van der Waals surface area contributed by atoms with Crippen molar-refractivity contribution >= 4 is 29.1 Å². The van der Waals surface area contributed by atoms with Crippen LogP contribution in [0.1, 0.15) is 72.6 Å². The van der Waals surface area contributed by atoms with E-state index in [-0.39, 0.29) is 65.7 Å². The summed E-state index contributed by atoms with van der Waals surface area (Å²) in [4.78, 5) is 61.3. The molecule has 0 amide bonds. The minimum absolute atomic E-state index is 0.00204. The predicted molar refractivity (Wildman–Crippen MR) is 163 cm³/mol. The quantitative estimate of drug-likeness (QED) is 0.166. The Hall–Kier alpha value is -4.45. The van der Waals surface area contributed by atoms with Crippen molar-refractivity contribution in [3.63, 3.8) is 0 Å². The van der Waals surface area contributed by atoms with Crippen molar-refractivity contribution in [2.24, 2.45) is 34.0 Å². The van der Waals surface area contributed by atoms with Crippen molar-refractivity contribution < 1.29 is 38.8 Å². The molecule has 0 heterocycles. The molecule has 5 aliphatic rings. The number of non-ortho nitro benzene ring substituents is 2. The van der Waals surface area contributed by atoms with Gasteiger partial charge in [-0.25, -0.2) is 9.59 Å². The molecule has 1 spiro atoms. The molecular weight excluding hydrogens is 596 g/mol. The number of Topliss-reactive ketones (excluding diaryl/α,β-unsaturated/α-hetero) is 1. The van der Waals surface area contributed by atoms with Gasteiger partial charge in [-0.15, -0.1) is 0 Å². The van der Waals surface area contributed by atoms with Crippen molar-refractivity contribution in [3.8, 4) is 0 Å². The highest BCUT2D eigenvalue weighted by molar-refractivity contribution is 6.02. The monoisotopic (exact) mass is 632 g/mol. The molecule has 2 aromatic carbocycles. The van der Waals surface area contributed by atoms with Gasteiger partial charge in [-0.3, -0.25) is 25.0 Å². The third kappa shape index (κ3) is 4.90. The number of esters is 2. The first-order chi connectivity index (χ1) is 21.8. The summed E-state index contributed by atoms with van der Waals surface area (Å²) in [5.74, 6) is -1.98. The van der Waals surface area contributed by atoms with Crippen LogP contribution in [0.4, 0.5) is 11.4 Å². The van der Waals surface area contributed by atoms with Crippen LogP contribution in [0, 0.1) is 54.2 Å². The van der Waals surface area contributed by atoms with Gasteiger partial charge in [0, 0.05) is 35.1 Å². The Morgan fingerprint density at radius 1 is 0.870 bits per heavy atom. The highest BCUT2D eigenvalue weighted by Crippen LogP contribution is 2.71. The van der Waals surface area contributed by atoms with Gasteiger partial charge in [0.05, 0.1) is 45.7 Å². The van der Waals surface area contributed by atoms with E-state index >= 15 is 0 Å². The molecule has 2 unspecified atom stereocenters. The van der Waals surface area contributed by atoms with Crippen LogP contribution in [-0.2, 0) is 14.3 Å². The topological polar surface area (TPSA) is 176 Å². The second kappa shape index (κ2) is 11.4. The van der Waals surface area contributed by atoms with Crippen molar-refractivity contribution in [3.05, 3.63) is 92.0 Å². The Bertz CT molecular complexity index is 1620. The number of hydrogen-bond donors (Lipinski definition) is 1. The van der Waals surface area contributed by atoms with E-state index in [4.69, 9.17) is 9.47 Å². The normalized spacial score (nSPS) is 33.0. The number of carbonyl (C=O) groups excluding carboxylic acids is 3. The number of ether oxygens (including phenoxy) is 2. The van der Waals surface area contributed by atoms with E-state index in [1.165, 1.54) is 48.5 Å². The number of allylic oxidation sites excluding steroid dienone is 1. The van der Waals surface area contributed by atoms with Gasteiger partial charge in [0.15, 0.2) is 5.78 Å². The van der Waals surface area contributed by atoms with E-state index in [0.29, 0.717) is 37.7 Å². The summed E-state index contributed by atoms with van der Waals surface area (Å²) < 4.78 is 11.8. The summed E-state index contributed by atoms with van der Waals surface area (Å²) >= 11 is 0. The largest absolute Gasteiger partial charge is 0.462 e. The first kappa shape index (κ1) is 31.5. The van der Waals surface area contributed by atoms with Crippen molar-refractivity contribution in [1.29, 1.82) is 0 Å². The zero-order valence-corrected chi connectivity index (χ0v) is 25.5. The minimum Gasteiger partial charge on any atom is -0.462 e. The lowest BCUT2D eigenvalue weighted by molar-refractivity contribution is -0.385. The Morgan fingerprint density at radius 3 is 1.96 bits per heavy atom. The van der Waals surface area contributed by atoms with Crippen molar-refractivity contribution in [2.45, 2.75) is 58.0 Å². The van der Waals surface area contributed by atoms with Crippen LogP contribution in [0.15, 0.2) is 60.7 Å². The minimum atomic E-state index is -1.03. The summed E-state index contributed by atoms with van der Waals surface area (Å²) in [6, 6.07) is 10.3. The molecule has 5 fully saturated rings. The fraction of sp³-hybridized carbons (Fsp3) is 0.500.